The van der Waals surface area contributed by atoms with E-state index in [1.165, 1.54) is 6.07 Å². The van der Waals surface area contributed by atoms with Crippen molar-refractivity contribution in [3.8, 4) is 0 Å². The molecule has 3 nitrogen and oxygen atoms in total. The Bertz CT molecular complexity index is 1280. The molecule has 0 unspecified atom stereocenters. The van der Waals surface area contributed by atoms with E-state index in [0.29, 0.717) is 5.56 Å². The lowest BCUT2D eigenvalue weighted by molar-refractivity contribution is -0.137. The summed E-state index contributed by atoms with van der Waals surface area (Å²) in [5.41, 5.74) is 3.59. The standard InChI is InChI=1S/C28H27F3N2O/c1-3-19-11-8-14-23-25(17-32-27(19)23)24(21-12-7-13-22(15-21)28(29,30)31)16-26(34)33-18(2)20-9-5-4-6-10-20/h4-15,17-18,24,32H,3,16H2,1-2H3,(H,33,34)/t18-,24-/m1/s1. The number of amides is 1. The molecule has 1 amide bonds. The first-order chi connectivity index (χ1) is 16.3. The van der Waals surface area contributed by atoms with Gasteiger partial charge in [-0.25, -0.2) is 0 Å². The van der Waals surface area contributed by atoms with Crippen LogP contribution in [0.2, 0.25) is 0 Å². The van der Waals surface area contributed by atoms with E-state index in [2.05, 4.69) is 17.2 Å². The Kier molecular flexibility index (Phi) is 6.77. The van der Waals surface area contributed by atoms with Gasteiger partial charge in [0.25, 0.3) is 0 Å². The lowest BCUT2D eigenvalue weighted by Crippen LogP contribution is -2.28. The second kappa shape index (κ2) is 9.75. The van der Waals surface area contributed by atoms with Crippen molar-refractivity contribution in [3.05, 3.63) is 107 Å². The summed E-state index contributed by atoms with van der Waals surface area (Å²) in [6.45, 7) is 3.95. The first kappa shape index (κ1) is 23.6. The lowest BCUT2D eigenvalue weighted by Gasteiger charge is -2.21. The predicted molar refractivity (Wildman–Crippen MR) is 129 cm³/mol. The highest BCUT2D eigenvalue weighted by Gasteiger charge is 2.32. The van der Waals surface area contributed by atoms with Crippen molar-refractivity contribution in [2.75, 3.05) is 0 Å². The molecule has 6 heteroatoms. The van der Waals surface area contributed by atoms with E-state index in [4.69, 9.17) is 0 Å². The van der Waals surface area contributed by atoms with E-state index in [-0.39, 0.29) is 18.4 Å². The number of carbonyl (C=O) groups is 1. The Labute approximate surface area is 197 Å². The first-order valence-corrected chi connectivity index (χ1v) is 11.4. The molecule has 2 N–H and O–H groups in total. The lowest BCUT2D eigenvalue weighted by atomic mass is 9.86. The van der Waals surface area contributed by atoms with Crippen LogP contribution >= 0.6 is 0 Å². The molecule has 1 heterocycles. The molecule has 176 valence electrons. The molecule has 0 saturated heterocycles. The van der Waals surface area contributed by atoms with Gasteiger partial charge in [-0.1, -0.05) is 73.7 Å². The second-order valence-corrected chi connectivity index (χ2v) is 8.52. The second-order valence-electron chi connectivity index (χ2n) is 8.52. The van der Waals surface area contributed by atoms with E-state index >= 15 is 0 Å². The normalized spacial score (nSPS) is 13.6. The summed E-state index contributed by atoms with van der Waals surface area (Å²) >= 11 is 0. The van der Waals surface area contributed by atoms with Crippen molar-refractivity contribution >= 4 is 16.8 Å². The van der Waals surface area contributed by atoms with Gasteiger partial charge >= 0.3 is 6.18 Å². The molecule has 0 saturated carbocycles. The highest BCUT2D eigenvalue weighted by molar-refractivity contribution is 5.88. The molecule has 0 bridgehead atoms. The minimum absolute atomic E-state index is 0.0296. The number of aryl methyl sites for hydroxylation is 1. The number of H-pyrrole nitrogens is 1. The van der Waals surface area contributed by atoms with Crippen LogP contribution in [-0.2, 0) is 17.4 Å². The number of halogens is 3. The van der Waals surface area contributed by atoms with Crippen LogP contribution in [-0.4, -0.2) is 10.9 Å². The van der Waals surface area contributed by atoms with Crippen LogP contribution in [0.4, 0.5) is 13.2 Å². The summed E-state index contributed by atoms with van der Waals surface area (Å²) in [6, 6.07) is 20.6. The maximum absolute atomic E-state index is 13.5. The van der Waals surface area contributed by atoms with Gasteiger partial charge in [0.15, 0.2) is 0 Å². The number of carbonyl (C=O) groups excluding carboxylic acids is 1. The molecule has 2 atom stereocenters. The third-order valence-electron chi connectivity index (χ3n) is 6.27. The number of alkyl halides is 3. The molecule has 3 aromatic carbocycles. The molecule has 4 aromatic rings. The fourth-order valence-corrected chi connectivity index (χ4v) is 4.47. The highest BCUT2D eigenvalue weighted by atomic mass is 19.4. The molecule has 0 aliphatic rings. The molecule has 4 rings (SSSR count). The Morgan fingerprint density at radius 3 is 2.38 bits per heavy atom. The van der Waals surface area contributed by atoms with E-state index < -0.39 is 17.7 Å². The number of fused-ring (bicyclic) bond motifs is 1. The van der Waals surface area contributed by atoms with Gasteiger partial charge in [0.05, 0.1) is 11.6 Å². The molecule has 0 spiro atoms. The van der Waals surface area contributed by atoms with E-state index in [0.717, 1.165) is 46.1 Å². The fourth-order valence-electron chi connectivity index (χ4n) is 4.47. The summed E-state index contributed by atoms with van der Waals surface area (Å²) < 4.78 is 40.4. The van der Waals surface area contributed by atoms with Crippen LogP contribution in [0.25, 0.3) is 10.9 Å². The molecule has 34 heavy (non-hydrogen) atoms. The summed E-state index contributed by atoms with van der Waals surface area (Å²) in [6.07, 6.45) is -1.79. The zero-order chi connectivity index (χ0) is 24.3. The first-order valence-electron chi connectivity index (χ1n) is 11.4. The van der Waals surface area contributed by atoms with Crippen molar-refractivity contribution in [2.24, 2.45) is 0 Å². The van der Waals surface area contributed by atoms with E-state index in [9.17, 15) is 18.0 Å². The summed E-state index contributed by atoms with van der Waals surface area (Å²) in [4.78, 5) is 16.4. The fraction of sp³-hybridized carbons (Fsp3) is 0.250. The summed E-state index contributed by atoms with van der Waals surface area (Å²) in [5, 5.41) is 3.92. The van der Waals surface area contributed by atoms with Crippen molar-refractivity contribution in [1.82, 2.24) is 10.3 Å². The average Bonchev–Trinajstić information content (AvgIpc) is 3.26. The number of hydrogen-bond donors (Lipinski definition) is 2. The Hall–Kier alpha value is -3.54. The number of benzene rings is 3. The van der Waals surface area contributed by atoms with Gasteiger partial charge in [0.1, 0.15) is 0 Å². The minimum Gasteiger partial charge on any atom is -0.361 e. The quantitative estimate of drug-likeness (QED) is 0.300. The zero-order valence-electron chi connectivity index (χ0n) is 19.1. The summed E-state index contributed by atoms with van der Waals surface area (Å²) in [5.74, 6) is -0.758. The Balaban J connectivity index is 1.72. The van der Waals surface area contributed by atoms with Gasteiger partial charge in [0.2, 0.25) is 5.91 Å². The third-order valence-corrected chi connectivity index (χ3v) is 6.27. The van der Waals surface area contributed by atoms with Crippen molar-refractivity contribution in [3.63, 3.8) is 0 Å². The number of aromatic nitrogens is 1. The smallest absolute Gasteiger partial charge is 0.361 e. The maximum Gasteiger partial charge on any atom is 0.416 e. The van der Waals surface area contributed by atoms with Crippen LogP contribution in [0.3, 0.4) is 0 Å². The van der Waals surface area contributed by atoms with Gasteiger partial charge in [-0.3, -0.25) is 4.79 Å². The van der Waals surface area contributed by atoms with Crippen molar-refractivity contribution in [1.29, 1.82) is 0 Å². The van der Waals surface area contributed by atoms with Gasteiger partial charge < -0.3 is 10.3 Å². The maximum atomic E-state index is 13.5. The van der Waals surface area contributed by atoms with Gasteiger partial charge in [-0.05, 0) is 41.7 Å². The number of hydrogen-bond acceptors (Lipinski definition) is 1. The molecular weight excluding hydrogens is 437 g/mol. The Morgan fingerprint density at radius 2 is 1.68 bits per heavy atom. The molecule has 1 aromatic heterocycles. The van der Waals surface area contributed by atoms with E-state index in [1.807, 2.05) is 61.7 Å². The summed E-state index contributed by atoms with van der Waals surface area (Å²) in [7, 11) is 0. The number of para-hydroxylation sites is 1. The zero-order valence-corrected chi connectivity index (χ0v) is 19.1. The SMILES string of the molecule is CCc1cccc2c([C@H](CC(=O)N[C@H](C)c3ccccc3)c3cccc(C(F)(F)F)c3)c[nH]c12. The number of nitrogens with one attached hydrogen (secondary N) is 2. The van der Waals surface area contributed by atoms with Gasteiger partial charge in [0, 0.05) is 29.4 Å². The predicted octanol–water partition coefficient (Wildman–Crippen LogP) is 7.15. The van der Waals surface area contributed by atoms with Crippen molar-refractivity contribution < 1.29 is 18.0 Å². The monoisotopic (exact) mass is 464 g/mol. The largest absolute Gasteiger partial charge is 0.416 e. The van der Waals surface area contributed by atoms with Gasteiger partial charge in [-0.15, -0.1) is 0 Å². The third kappa shape index (κ3) is 5.01. The van der Waals surface area contributed by atoms with Crippen molar-refractivity contribution in [2.45, 2.75) is 44.8 Å². The topological polar surface area (TPSA) is 44.9 Å². The molecule has 0 aliphatic carbocycles. The molecule has 0 fully saturated rings. The van der Waals surface area contributed by atoms with Crippen LogP contribution in [0.5, 0.6) is 0 Å². The number of rotatable bonds is 7. The minimum atomic E-state index is -4.46. The van der Waals surface area contributed by atoms with E-state index in [1.54, 1.807) is 6.07 Å². The van der Waals surface area contributed by atoms with Crippen LogP contribution in [0.1, 0.15) is 60.0 Å². The Morgan fingerprint density at radius 1 is 0.971 bits per heavy atom. The molecule has 0 aliphatic heterocycles. The molecular formula is C28H27F3N2O. The van der Waals surface area contributed by atoms with Crippen LogP contribution in [0.15, 0.2) is 79.0 Å². The number of aromatic amines is 1. The highest BCUT2D eigenvalue weighted by Crippen LogP contribution is 2.37. The molecule has 0 radical (unpaired) electrons. The van der Waals surface area contributed by atoms with Crippen LogP contribution in [0, 0.1) is 0 Å². The van der Waals surface area contributed by atoms with Gasteiger partial charge in [-0.2, -0.15) is 13.2 Å². The average molecular weight is 465 g/mol. The van der Waals surface area contributed by atoms with Crippen LogP contribution < -0.4 is 5.32 Å².